The molecule has 0 aliphatic carbocycles. The Morgan fingerprint density at radius 3 is 1.30 bits per heavy atom. The Kier molecular flexibility index (Phi) is 15.5. The zero-order chi connectivity index (χ0) is 37.2. The summed E-state index contributed by atoms with van der Waals surface area (Å²) >= 11 is 0. The van der Waals surface area contributed by atoms with Crippen LogP contribution in [0.1, 0.15) is 80.8 Å². The van der Waals surface area contributed by atoms with Crippen molar-refractivity contribution in [1.29, 1.82) is 0 Å². The van der Waals surface area contributed by atoms with Crippen molar-refractivity contribution < 1.29 is 18.2 Å². The number of benzene rings is 3. The third kappa shape index (κ3) is 7.34. The van der Waals surface area contributed by atoms with Crippen molar-refractivity contribution in [1.82, 2.24) is 5.09 Å². The van der Waals surface area contributed by atoms with Crippen LogP contribution < -0.4 is 15.7 Å². The maximum atomic E-state index is 16.0. The molecule has 3 aromatic rings. The fourth-order valence-corrected chi connectivity index (χ4v) is 111. The SMILES string of the molecule is CC[Si](CC)(CC)[Si](OC(=O)C(C)C(NP(=O)(c1ccccc1)c1ccccc1)c1ccccc1F)([Si](CC)(CC)CC)[Si](CC)(CC)CC. The summed E-state index contributed by atoms with van der Waals surface area (Å²) in [4.78, 5) is 15.5. The van der Waals surface area contributed by atoms with Gasteiger partial charge in [0.2, 0.25) is 14.2 Å². The Labute approximate surface area is 307 Å². The molecule has 0 bridgehead atoms. The quantitative estimate of drug-likeness (QED) is 0.0918. The van der Waals surface area contributed by atoms with Crippen LogP contribution in [0.2, 0.25) is 54.4 Å². The zero-order valence-electron chi connectivity index (χ0n) is 32.7. The van der Waals surface area contributed by atoms with Gasteiger partial charge < -0.3 is 4.43 Å². The minimum atomic E-state index is -3.55. The topological polar surface area (TPSA) is 55.4 Å². The van der Waals surface area contributed by atoms with Gasteiger partial charge in [-0.2, -0.15) is 0 Å². The van der Waals surface area contributed by atoms with Crippen LogP contribution in [-0.4, -0.2) is 35.6 Å². The molecule has 0 saturated heterocycles. The van der Waals surface area contributed by atoms with E-state index in [1.54, 1.807) is 18.2 Å². The normalized spacial score (nSPS) is 14.3. The highest BCUT2D eigenvalue weighted by atomic mass is 31.2. The molecule has 0 spiro atoms. The molecule has 3 aromatic carbocycles. The number of hydrogen-bond donors (Lipinski definition) is 1. The predicted octanol–water partition coefficient (Wildman–Crippen LogP) is 11.3. The summed E-state index contributed by atoms with van der Waals surface area (Å²) in [6.45, 7) is 20.8. The van der Waals surface area contributed by atoms with Gasteiger partial charge in [0.15, 0.2) is 0 Å². The number of halogens is 1. The first-order chi connectivity index (χ1) is 23.9. The van der Waals surface area contributed by atoms with E-state index in [1.807, 2.05) is 67.6 Å². The summed E-state index contributed by atoms with van der Waals surface area (Å²) in [7, 11) is -9.88. The number of hydrogen-bond acceptors (Lipinski definition) is 3. The lowest BCUT2D eigenvalue weighted by Crippen LogP contribution is -2.90. The molecule has 0 aliphatic rings. The molecule has 50 heavy (non-hydrogen) atoms. The summed E-state index contributed by atoms with van der Waals surface area (Å²) in [6, 6.07) is 34.8. The van der Waals surface area contributed by atoms with E-state index < -0.39 is 54.7 Å². The first kappa shape index (κ1) is 42.5. The summed E-state index contributed by atoms with van der Waals surface area (Å²) in [5.74, 6) is -1.40. The fourth-order valence-electron chi connectivity index (χ4n) is 9.83. The van der Waals surface area contributed by atoms with Gasteiger partial charge >= 0.3 is 0 Å². The van der Waals surface area contributed by atoms with Gasteiger partial charge in [0.1, 0.15) is 5.82 Å². The average Bonchev–Trinajstić information content (AvgIpc) is 3.17. The van der Waals surface area contributed by atoms with Gasteiger partial charge in [-0.05, 0) is 30.3 Å². The smallest absolute Gasteiger partial charge is 0.296 e. The molecule has 0 saturated carbocycles. The Bertz CT molecular complexity index is 1430. The van der Waals surface area contributed by atoms with Crippen LogP contribution in [-0.2, 0) is 13.8 Å². The molecule has 0 fully saturated rings. The van der Waals surface area contributed by atoms with Crippen molar-refractivity contribution in [3.05, 3.63) is 96.3 Å². The lowest BCUT2D eigenvalue weighted by atomic mass is 9.95. The molecule has 10 heteroatoms. The van der Waals surface area contributed by atoms with E-state index in [0.717, 1.165) is 54.4 Å². The molecule has 1 N–H and O–H groups in total. The first-order valence-electron chi connectivity index (χ1n) is 19.4. The standard InChI is InChI=1S/C40H65FNO3PSi4/c1-11-47(12-2,13-3)50(48(14-4,15-5)16-6,49(17-7,18-8)19-9)45-40(43)34(10)39(37-32-26-27-33-38(37)41)42-46(44,35-28-22-20-23-29-35)36-30-24-21-25-31-36/h20-34,39H,11-19H2,1-10H3,(H,42,44). The number of carbonyl (C=O) groups is 1. The van der Waals surface area contributed by atoms with Gasteiger partial charge in [-0.15, -0.1) is 0 Å². The zero-order valence-corrected chi connectivity index (χ0v) is 37.5. The van der Waals surface area contributed by atoms with Gasteiger partial charge in [-0.3, -0.25) is 14.4 Å². The van der Waals surface area contributed by atoms with E-state index in [-0.39, 0.29) is 5.97 Å². The average molecular weight is 770 g/mol. The summed E-state index contributed by atoms with van der Waals surface area (Å²) < 4.78 is 39.3. The van der Waals surface area contributed by atoms with Crippen LogP contribution >= 0.6 is 7.29 Å². The van der Waals surface area contributed by atoms with Gasteiger partial charge in [0.25, 0.3) is 5.97 Å². The molecule has 2 unspecified atom stereocenters. The Morgan fingerprint density at radius 2 is 0.960 bits per heavy atom. The Balaban J connectivity index is 2.38. The maximum absolute atomic E-state index is 16.0. The van der Waals surface area contributed by atoms with Crippen molar-refractivity contribution in [2.45, 2.75) is 130 Å². The van der Waals surface area contributed by atoms with E-state index >= 15 is 13.8 Å². The highest BCUT2D eigenvalue weighted by Crippen LogP contribution is 2.52. The minimum Gasteiger partial charge on any atom is -0.527 e. The van der Waals surface area contributed by atoms with Gasteiger partial charge in [-0.1, -0.05) is 178 Å². The molecule has 0 aromatic heterocycles. The van der Waals surface area contributed by atoms with Crippen molar-refractivity contribution in [3.8, 4) is 0 Å². The van der Waals surface area contributed by atoms with Crippen molar-refractivity contribution in [2.24, 2.45) is 5.92 Å². The van der Waals surface area contributed by atoms with Crippen LogP contribution in [0.4, 0.5) is 4.39 Å². The molecule has 0 amide bonds. The molecule has 0 aliphatic heterocycles. The highest BCUT2D eigenvalue weighted by molar-refractivity contribution is 7.88. The monoisotopic (exact) mass is 769 g/mol. The van der Waals surface area contributed by atoms with Crippen LogP contribution in [0.15, 0.2) is 84.9 Å². The molecule has 0 heterocycles. The van der Waals surface area contributed by atoms with E-state index in [1.165, 1.54) is 6.07 Å². The molecular formula is C40H65FNO3PSi4. The molecule has 0 radical (unpaired) electrons. The van der Waals surface area contributed by atoms with Gasteiger partial charge in [0.05, 0.1) is 34.7 Å². The fraction of sp³-hybridized carbons (Fsp3) is 0.525. The molecule has 276 valence electrons. The summed E-state index contributed by atoms with van der Waals surface area (Å²) in [6.07, 6.45) is 0. The van der Waals surface area contributed by atoms with Crippen LogP contribution in [0.5, 0.6) is 0 Å². The Morgan fingerprint density at radius 1 is 0.620 bits per heavy atom. The minimum absolute atomic E-state index is 0.211. The van der Waals surface area contributed by atoms with Gasteiger partial charge in [0, 0.05) is 16.2 Å². The van der Waals surface area contributed by atoms with Crippen LogP contribution in [0.3, 0.4) is 0 Å². The lowest BCUT2D eigenvalue weighted by molar-refractivity contribution is -0.139. The Hall–Kier alpha value is -1.88. The van der Waals surface area contributed by atoms with Crippen molar-refractivity contribution in [3.63, 3.8) is 0 Å². The number of carbonyl (C=O) groups excluding carboxylic acids is 1. The summed E-state index contributed by atoms with van der Waals surface area (Å²) in [5, 5.41) is 4.73. The molecular weight excluding hydrogens is 705 g/mol. The van der Waals surface area contributed by atoms with E-state index in [2.05, 4.69) is 67.4 Å². The van der Waals surface area contributed by atoms with E-state index in [4.69, 9.17) is 4.43 Å². The van der Waals surface area contributed by atoms with Crippen LogP contribution in [0.25, 0.3) is 0 Å². The van der Waals surface area contributed by atoms with Crippen molar-refractivity contribution >= 4 is 53.5 Å². The first-order valence-corrected chi connectivity index (χ1v) is 33.9. The van der Waals surface area contributed by atoms with Crippen LogP contribution in [0, 0.1) is 11.7 Å². The number of nitrogens with one attached hydrogen (secondary N) is 1. The highest BCUT2D eigenvalue weighted by Gasteiger charge is 2.74. The number of rotatable bonds is 20. The van der Waals surface area contributed by atoms with Gasteiger partial charge in [-0.25, -0.2) is 4.39 Å². The second kappa shape index (κ2) is 18.2. The van der Waals surface area contributed by atoms with Crippen molar-refractivity contribution in [2.75, 3.05) is 0 Å². The largest absolute Gasteiger partial charge is 0.527 e. The lowest BCUT2D eigenvalue weighted by Gasteiger charge is -2.63. The second-order valence-electron chi connectivity index (χ2n) is 14.3. The predicted molar refractivity (Wildman–Crippen MR) is 225 cm³/mol. The molecule has 2 atom stereocenters. The summed E-state index contributed by atoms with van der Waals surface area (Å²) in [5.41, 5.74) is 0.344. The third-order valence-corrected chi connectivity index (χ3v) is 85.7. The molecule has 4 nitrogen and oxygen atoms in total. The molecule has 3 rings (SSSR count). The van der Waals surface area contributed by atoms with E-state index in [0.29, 0.717) is 16.2 Å². The third-order valence-electron chi connectivity index (χ3n) is 13.3. The van der Waals surface area contributed by atoms with E-state index in [9.17, 15) is 0 Å². The maximum Gasteiger partial charge on any atom is 0.296 e. The second-order valence-corrected chi connectivity index (χ2v) is 52.8.